The molecule has 1 amide bonds. The maximum Gasteiger partial charge on any atom is 0.252 e. The molecule has 0 aromatic heterocycles. The number of ether oxygens (including phenoxy) is 1. The molecular weight excluding hydrogens is 328 g/mol. The van der Waals surface area contributed by atoms with Crippen molar-refractivity contribution in [3.63, 3.8) is 0 Å². The molecule has 3 rings (SSSR count). The standard InChI is InChI=1S/C18H18N2O3.ClH/c19-14-8-6-12-13(17(14)21)7-9-15(16(12)18(20)22)23-10-11-4-2-1-3-5-11;/h1-5,7,9,14H,6,8,10,19H2,(H2,20,22);1H. The molecule has 0 saturated heterocycles. The Kier molecular flexibility index (Phi) is 5.59. The molecule has 6 heteroatoms. The molecule has 0 aliphatic heterocycles. The summed E-state index contributed by atoms with van der Waals surface area (Å²) >= 11 is 0. The number of hydrogen-bond acceptors (Lipinski definition) is 4. The number of benzene rings is 2. The van der Waals surface area contributed by atoms with Crippen LogP contribution in [0.25, 0.3) is 0 Å². The number of Topliss-reactive ketones (excluding diaryl/α,β-unsaturated/α-hetero) is 1. The molecule has 0 fully saturated rings. The van der Waals surface area contributed by atoms with Crippen molar-refractivity contribution in [1.82, 2.24) is 0 Å². The first kappa shape index (κ1) is 18.0. The number of primary amides is 1. The van der Waals surface area contributed by atoms with Crippen molar-refractivity contribution in [2.75, 3.05) is 0 Å². The van der Waals surface area contributed by atoms with Gasteiger partial charge in [0.05, 0.1) is 11.6 Å². The van der Waals surface area contributed by atoms with E-state index in [1.807, 2.05) is 30.3 Å². The Hall–Kier alpha value is -2.37. The van der Waals surface area contributed by atoms with Crippen LogP contribution in [-0.2, 0) is 13.0 Å². The number of hydrogen-bond donors (Lipinski definition) is 2. The van der Waals surface area contributed by atoms with E-state index >= 15 is 0 Å². The van der Waals surface area contributed by atoms with Gasteiger partial charge in [-0.25, -0.2) is 0 Å². The topological polar surface area (TPSA) is 95.4 Å². The van der Waals surface area contributed by atoms with Crippen LogP contribution in [-0.4, -0.2) is 17.7 Å². The average Bonchev–Trinajstić information content (AvgIpc) is 2.56. The van der Waals surface area contributed by atoms with E-state index in [-0.39, 0.29) is 18.2 Å². The summed E-state index contributed by atoms with van der Waals surface area (Å²) in [6, 6.07) is 12.4. The number of carbonyl (C=O) groups is 2. The van der Waals surface area contributed by atoms with Crippen LogP contribution in [0.3, 0.4) is 0 Å². The number of rotatable bonds is 4. The molecule has 4 N–H and O–H groups in total. The number of carbonyl (C=O) groups excluding carboxylic acids is 2. The largest absolute Gasteiger partial charge is 0.488 e. The summed E-state index contributed by atoms with van der Waals surface area (Å²) in [5.41, 5.74) is 13.7. The van der Waals surface area contributed by atoms with E-state index in [1.54, 1.807) is 12.1 Å². The summed E-state index contributed by atoms with van der Waals surface area (Å²) in [7, 11) is 0. The zero-order valence-corrected chi connectivity index (χ0v) is 13.8. The van der Waals surface area contributed by atoms with E-state index in [2.05, 4.69) is 0 Å². The van der Waals surface area contributed by atoms with E-state index in [1.165, 1.54) is 0 Å². The zero-order valence-electron chi connectivity index (χ0n) is 13.0. The molecule has 0 spiro atoms. The van der Waals surface area contributed by atoms with Crippen molar-refractivity contribution in [2.45, 2.75) is 25.5 Å². The Bertz CT molecular complexity index is 762. The van der Waals surface area contributed by atoms with Gasteiger partial charge in [-0.05, 0) is 36.1 Å². The van der Waals surface area contributed by atoms with Crippen molar-refractivity contribution in [3.8, 4) is 5.75 Å². The molecule has 126 valence electrons. The van der Waals surface area contributed by atoms with Gasteiger partial charge in [0.15, 0.2) is 5.78 Å². The molecule has 1 aliphatic carbocycles. The van der Waals surface area contributed by atoms with Crippen molar-refractivity contribution in [1.29, 1.82) is 0 Å². The summed E-state index contributed by atoms with van der Waals surface area (Å²) in [6.07, 6.45) is 1.05. The second-order valence-corrected chi connectivity index (χ2v) is 5.61. The van der Waals surface area contributed by atoms with Gasteiger partial charge in [-0.3, -0.25) is 9.59 Å². The second-order valence-electron chi connectivity index (χ2n) is 5.61. The number of ketones is 1. The summed E-state index contributed by atoms with van der Waals surface area (Å²) in [4.78, 5) is 24.1. The van der Waals surface area contributed by atoms with Gasteiger partial charge >= 0.3 is 0 Å². The highest BCUT2D eigenvalue weighted by atomic mass is 35.5. The third kappa shape index (κ3) is 3.42. The fourth-order valence-corrected chi connectivity index (χ4v) is 2.87. The summed E-state index contributed by atoms with van der Waals surface area (Å²) < 4.78 is 5.77. The first-order valence-corrected chi connectivity index (χ1v) is 7.50. The third-order valence-electron chi connectivity index (χ3n) is 4.07. The molecule has 0 heterocycles. The molecule has 1 aliphatic rings. The smallest absolute Gasteiger partial charge is 0.252 e. The fourth-order valence-electron chi connectivity index (χ4n) is 2.87. The highest BCUT2D eigenvalue weighted by molar-refractivity contribution is 6.07. The number of nitrogens with two attached hydrogens (primary N) is 2. The maximum absolute atomic E-state index is 12.2. The lowest BCUT2D eigenvalue weighted by molar-refractivity contribution is 0.0948. The van der Waals surface area contributed by atoms with Crippen LogP contribution < -0.4 is 16.2 Å². The number of halogens is 1. The van der Waals surface area contributed by atoms with Crippen LogP contribution in [0.1, 0.15) is 38.3 Å². The Labute approximate surface area is 146 Å². The predicted molar refractivity (Wildman–Crippen MR) is 93.6 cm³/mol. The fraction of sp³-hybridized carbons (Fsp3) is 0.222. The molecule has 0 bridgehead atoms. The normalized spacial score (nSPS) is 16.0. The average molecular weight is 347 g/mol. The lowest BCUT2D eigenvalue weighted by Crippen LogP contribution is -2.36. The Morgan fingerprint density at radius 3 is 2.54 bits per heavy atom. The van der Waals surface area contributed by atoms with Gasteiger partial charge in [0.2, 0.25) is 0 Å². The van der Waals surface area contributed by atoms with Gasteiger partial charge < -0.3 is 16.2 Å². The van der Waals surface area contributed by atoms with E-state index in [9.17, 15) is 9.59 Å². The molecule has 5 nitrogen and oxygen atoms in total. The maximum atomic E-state index is 12.2. The van der Waals surface area contributed by atoms with Crippen molar-refractivity contribution >= 4 is 24.1 Å². The van der Waals surface area contributed by atoms with Crippen molar-refractivity contribution < 1.29 is 14.3 Å². The lowest BCUT2D eigenvalue weighted by Gasteiger charge is -2.23. The van der Waals surface area contributed by atoms with Crippen LogP contribution in [0.2, 0.25) is 0 Å². The Balaban J connectivity index is 0.00000208. The van der Waals surface area contributed by atoms with Crippen LogP contribution in [0, 0.1) is 0 Å². The van der Waals surface area contributed by atoms with Crippen molar-refractivity contribution in [3.05, 3.63) is 64.7 Å². The number of amides is 1. The minimum Gasteiger partial charge on any atom is -0.488 e. The first-order chi connectivity index (χ1) is 11.1. The van der Waals surface area contributed by atoms with Gasteiger partial charge in [0.1, 0.15) is 12.4 Å². The predicted octanol–water partition coefficient (Wildman–Crippen LogP) is 2.24. The highest BCUT2D eigenvalue weighted by Gasteiger charge is 2.29. The van der Waals surface area contributed by atoms with Crippen LogP contribution >= 0.6 is 12.4 Å². The summed E-state index contributed by atoms with van der Waals surface area (Å²) in [6.45, 7) is 0.327. The molecule has 1 atom stereocenters. The molecule has 1 unspecified atom stereocenters. The molecule has 0 radical (unpaired) electrons. The van der Waals surface area contributed by atoms with E-state index in [0.29, 0.717) is 41.9 Å². The van der Waals surface area contributed by atoms with E-state index in [4.69, 9.17) is 16.2 Å². The Morgan fingerprint density at radius 2 is 1.88 bits per heavy atom. The third-order valence-corrected chi connectivity index (χ3v) is 4.07. The SMILES string of the molecule is Cl.NC(=O)c1c(OCc2ccccc2)ccc2c1CCC(N)C2=O. The minimum absolute atomic E-state index is 0. The highest BCUT2D eigenvalue weighted by Crippen LogP contribution is 2.31. The summed E-state index contributed by atoms with van der Waals surface area (Å²) in [5, 5.41) is 0. The van der Waals surface area contributed by atoms with Crippen LogP contribution in [0.4, 0.5) is 0 Å². The molecule has 0 saturated carbocycles. The molecular formula is C18H19ClN2O3. The van der Waals surface area contributed by atoms with E-state index < -0.39 is 11.9 Å². The van der Waals surface area contributed by atoms with Gasteiger partial charge in [0, 0.05) is 5.56 Å². The molecule has 2 aromatic rings. The molecule has 2 aromatic carbocycles. The van der Waals surface area contributed by atoms with Crippen LogP contribution in [0.5, 0.6) is 5.75 Å². The van der Waals surface area contributed by atoms with Gasteiger partial charge in [-0.2, -0.15) is 0 Å². The number of fused-ring (bicyclic) bond motifs is 1. The Morgan fingerprint density at radius 1 is 1.17 bits per heavy atom. The van der Waals surface area contributed by atoms with Crippen LogP contribution in [0.15, 0.2) is 42.5 Å². The van der Waals surface area contributed by atoms with Gasteiger partial charge in [0.25, 0.3) is 5.91 Å². The zero-order chi connectivity index (χ0) is 16.4. The quantitative estimate of drug-likeness (QED) is 0.887. The van der Waals surface area contributed by atoms with E-state index in [0.717, 1.165) is 5.56 Å². The van der Waals surface area contributed by atoms with Gasteiger partial charge in [-0.15, -0.1) is 12.4 Å². The first-order valence-electron chi connectivity index (χ1n) is 7.50. The minimum atomic E-state index is -0.590. The lowest BCUT2D eigenvalue weighted by atomic mass is 9.84. The van der Waals surface area contributed by atoms with Crippen molar-refractivity contribution in [2.24, 2.45) is 11.5 Å². The summed E-state index contributed by atoms with van der Waals surface area (Å²) in [5.74, 6) is -0.333. The van der Waals surface area contributed by atoms with Gasteiger partial charge in [-0.1, -0.05) is 30.3 Å². The molecule has 24 heavy (non-hydrogen) atoms. The second kappa shape index (κ2) is 7.47. The monoisotopic (exact) mass is 346 g/mol.